The van der Waals surface area contributed by atoms with E-state index in [4.69, 9.17) is 15.2 Å². The summed E-state index contributed by atoms with van der Waals surface area (Å²) < 4.78 is 11.2. The first-order chi connectivity index (χ1) is 12.6. The minimum absolute atomic E-state index is 0.112. The van der Waals surface area contributed by atoms with E-state index in [0.29, 0.717) is 0 Å². The van der Waals surface area contributed by atoms with Crippen molar-refractivity contribution in [3.8, 4) is 11.5 Å². The number of unbranched alkanes of at least 4 members (excludes halogenated alkanes) is 9. The molecule has 1 atom stereocenters. The lowest BCUT2D eigenvalue weighted by molar-refractivity contribution is 0.393. The summed E-state index contributed by atoms with van der Waals surface area (Å²) in [5.74, 6) is 1.91. The van der Waals surface area contributed by atoms with Crippen LogP contribution in [-0.2, 0) is 12.8 Å². The Morgan fingerprint density at radius 3 is 1.73 bits per heavy atom. The van der Waals surface area contributed by atoms with Crippen molar-refractivity contribution in [2.24, 2.45) is 5.73 Å². The molecule has 0 bridgehead atoms. The molecule has 0 spiro atoms. The lowest BCUT2D eigenvalue weighted by Crippen LogP contribution is -2.18. The molecule has 1 aromatic rings. The number of aryl methyl sites for hydroxylation is 1. The number of rotatable bonds is 15. The predicted molar refractivity (Wildman–Crippen MR) is 112 cm³/mol. The fourth-order valence-electron chi connectivity index (χ4n) is 3.53. The van der Waals surface area contributed by atoms with Crippen LogP contribution in [0.4, 0.5) is 0 Å². The summed E-state index contributed by atoms with van der Waals surface area (Å²) in [6.45, 7) is 4.29. The highest BCUT2D eigenvalue weighted by molar-refractivity contribution is 5.47. The number of methoxy groups -OCH3 is 2. The van der Waals surface area contributed by atoms with Gasteiger partial charge >= 0.3 is 0 Å². The largest absolute Gasteiger partial charge is 0.496 e. The SMILES string of the molecule is CCCCCCCCCCCCc1cc(OC)c(CC(C)N)cc1OC. The summed E-state index contributed by atoms with van der Waals surface area (Å²) >= 11 is 0. The first-order valence-electron chi connectivity index (χ1n) is 10.6. The Labute approximate surface area is 161 Å². The Kier molecular flexibility index (Phi) is 12.2. The van der Waals surface area contributed by atoms with Crippen LogP contribution < -0.4 is 15.2 Å². The van der Waals surface area contributed by atoms with E-state index in [2.05, 4.69) is 19.1 Å². The highest BCUT2D eigenvalue weighted by Gasteiger charge is 2.12. The molecule has 1 unspecified atom stereocenters. The van der Waals surface area contributed by atoms with Crippen LogP contribution in [0.5, 0.6) is 11.5 Å². The molecule has 0 amide bonds. The molecule has 0 saturated heterocycles. The van der Waals surface area contributed by atoms with E-state index in [9.17, 15) is 0 Å². The van der Waals surface area contributed by atoms with E-state index in [0.717, 1.165) is 29.9 Å². The standard InChI is InChI=1S/C23H41NO2/c1-5-6-7-8-9-10-11-12-13-14-15-20-17-23(26-4)21(16-19(2)24)18-22(20)25-3/h17-19H,5-16,24H2,1-4H3. The highest BCUT2D eigenvalue weighted by Crippen LogP contribution is 2.31. The fourth-order valence-corrected chi connectivity index (χ4v) is 3.53. The summed E-state index contributed by atoms with van der Waals surface area (Å²) in [5, 5.41) is 0. The van der Waals surface area contributed by atoms with Gasteiger partial charge in [-0.05, 0) is 49.4 Å². The number of benzene rings is 1. The Bertz CT molecular complexity index is 485. The van der Waals surface area contributed by atoms with Gasteiger partial charge in [0.1, 0.15) is 11.5 Å². The van der Waals surface area contributed by atoms with Gasteiger partial charge in [0.15, 0.2) is 0 Å². The predicted octanol–water partition coefficient (Wildman–Crippen LogP) is 6.06. The molecule has 0 saturated carbocycles. The van der Waals surface area contributed by atoms with E-state index >= 15 is 0 Å². The van der Waals surface area contributed by atoms with Gasteiger partial charge < -0.3 is 15.2 Å². The molecule has 150 valence electrons. The molecule has 0 aliphatic carbocycles. The molecule has 0 radical (unpaired) electrons. The van der Waals surface area contributed by atoms with Gasteiger partial charge in [-0.1, -0.05) is 64.7 Å². The van der Waals surface area contributed by atoms with Crippen LogP contribution in [0, 0.1) is 0 Å². The summed E-state index contributed by atoms with van der Waals surface area (Å²) in [4.78, 5) is 0. The van der Waals surface area contributed by atoms with Crippen molar-refractivity contribution in [3.63, 3.8) is 0 Å². The van der Waals surface area contributed by atoms with Gasteiger partial charge in [-0.15, -0.1) is 0 Å². The van der Waals surface area contributed by atoms with Gasteiger partial charge in [0.2, 0.25) is 0 Å². The monoisotopic (exact) mass is 363 g/mol. The quantitative estimate of drug-likeness (QED) is 0.385. The van der Waals surface area contributed by atoms with E-state index in [1.54, 1.807) is 14.2 Å². The molecule has 2 N–H and O–H groups in total. The maximum atomic E-state index is 5.95. The Balaban J connectivity index is 2.37. The molecule has 0 heterocycles. The first-order valence-corrected chi connectivity index (χ1v) is 10.6. The van der Waals surface area contributed by atoms with Crippen molar-refractivity contribution in [1.82, 2.24) is 0 Å². The first kappa shape index (κ1) is 22.8. The zero-order valence-electron chi connectivity index (χ0n) is 17.6. The second-order valence-corrected chi connectivity index (χ2v) is 7.59. The molecule has 3 nitrogen and oxygen atoms in total. The van der Waals surface area contributed by atoms with Crippen molar-refractivity contribution in [2.75, 3.05) is 14.2 Å². The molecule has 0 aliphatic heterocycles. The number of hydrogen-bond donors (Lipinski definition) is 1. The molecule has 0 fully saturated rings. The van der Waals surface area contributed by atoms with Crippen LogP contribution >= 0.6 is 0 Å². The minimum atomic E-state index is 0.112. The molecule has 0 aliphatic rings. The molecular formula is C23H41NO2. The lowest BCUT2D eigenvalue weighted by atomic mass is 9.99. The van der Waals surface area contributed by atoms with Crippen molar-refractivity contribution in [3.05, 3.63) is 23.3 Å². The van der Waals surface area contributed by atoms with E-state index in [-0.39, 0.29) is 6.04 Å². The third-order valence-corrected chi connectivity index (χ3v) is 5.03. The van der Waals surface area contributed by atoms with Crippen LogP contribution in [-0.4, -0.2) is 20.3 Å². The third-order valence-electron chi connectivity index (χ3n) is 5.03. The summed E-state index contributed by atoms with van der Waals surface area (Å²) in [6, 6.07) is 4.36. The lowest BCUT2D eigenvalue weighted by Gasteiger charge is -2.16. The van der Waals surface area contributed by atoms with Gasteiger partial charge in [0.05, 0.1) is 14.2 Å². The second kappa shape index (κ2) is 13.9. The normalized spacial score (nSPS) is 12.2. The van der Waals surface area contributed by atoms with Gasteiger partial charge in [0, 0.05) is 6.04 Å². The minimum Gasteiger partial charge on any atom is -0.496 e. The number of ether oxygens (including phenoxy) is 2. The van der Waals surface area contributed by atoms with Crippen molar-refractivity contribution >= 4 is 0 Å². The van der Waals surface area contributed by atoms with Gasteiger partial charge in [-0.2, -0.15) is 0 Å². The zero-order valence-corrected chi connectivity index (χ0v) is 17.6. The Hall–Kier alpha value is -1.22. The van der Waals surface area contributed by atoms with Crippen LogP contribution in [0.3, 0.4) is 0 Å². The van der Waals surface area contributed by atoms with E-state index < -0.39 is 0 Å². The van der Waals surface area contributed by atoms with Crippen LogP contribution in [0.25, 0.3) is 0 Å². The summed E-state index contributed by atoms with van der Waals surface area (Å²) in [6.07, 6.45) is 15.4. The smallest absolute Gasteiger partial charge is 0.122 e. The molecule has 1 aromatic carbocycles. The van der Waals surface area contributed by atoms with Gasteiger partial charge in [-0.3, -0.25) is 0 Å². The Morgan fingerprint density at radius 1 is 0.769 bits per heavy atom. The molecule has 3 heteroatoms. The average Bonchev–Trinajstić information content (AvgIpc) is 2.63. The second-order valence-electron chi connectivity index (χ2n) is 7.59. The maximum absolute atomic E-state index is 5.95. The number of hydrogen-bond acceptors (Lipinski definition) is 3. The molecular weight excluding hydrogens is 322 g/mol. The number of nitrogens with two attached hydrogens (primary N) is 1. The van der Waals surface area contributed by atoms with E-state index in [1.165, 1.54) is 69.8 Å². The highest BCUT2D eigenvalue weighted by atomic mass is 16.5. The van der Waals surface area contributed by atoms with Crippen molar-refractivity contribution in [2.45, 2.75) is 96.9 Å². The van der Waals surface area contributed by atoms with Crippen molar-refractivity contribution < 1.29 is 9.47 Å². The fraction of sp³-hybridized carbons (Fsp3) is 0.739. The van der Waals surface area contributed by atoms with Crippen LogP contribution in [0.1, 0.15) is 89.2 Å². The van der Waals surface area contributed by atoms with Gasteiger partial charge in [0.25, 0.3) is 0 Å². The molecule has 0 aromatic heterocycles. The zero-order chi connectivity index (χ0) is 19.2. The van der Waals surface area contributed by atoms with Crippen LogP contribution in [0.15, 0.2) is 12.1 Å². The van der Waals surface area contributed by atoms with Gasteiger partial charge in [-0.25, -0.2) is 0 Å². The topological polar surface area (TPSA) is 44.5 Å². The van der Waals surface area contributed by atoms with Crippen LogP contribution in [0.2, 0.25) is 0 Å². The Morgan fingerprint density at radius 2 is 1.23 bits per heavy atom. The third kappa shape index (κ3) is 8.93. The maximum Gasteiger partial charge on any atom is 0.122 e. The molecule has 1 rings (SSSR count). The summed E-state index contributed by atoms with van der Waals surface area (Å²) in [7, 11) is 3.48. The molecule has 26 heavy (non-hydrogen) atoms. The summed E-state index contributed by atoms with van der Waals surface area (Å²) in [5.41, 5.74) is 8.33. The average molecular weight is 364 g/mol. The van der Waals surface area contributed by atoms with Crippen molar-refractivity contribution in [1.29, 1.82) is 0 Å². The van der Waals surface area contributed by atoms with E-state index in [1.807, 2.05) is 6.92 Å².